The number of benzene rings is 1. The number of hydrogen-bond acceptors (Lipinski definition) is 5. The third kappa shape index (κ3) is 4.75. The molecule has 25 heavy (non-hydrogen) atoms. The SMILES string of the molecule is CN(C)c1c(C(F)(F)F)cc(N/N=C(\C#N)C(=N)N)cc1C(F)(F)F. The van der Waals surface area contributed by atoms with E-state index >= 15 is 0 Å². The molecule has 0 aliphatic heterocycles. The van der Waals surface area contributed by atoms with Gasteiger partial charge in [0.1, 0.15) is 6.07 Å². The monoisotopic (exact) mass is 366 g/mol. The van der Waals surface area contributed by atoms with Crippen molar-refractivity contribution in [1.82, 2.24) is 0 Å². The highest BCUT2D eigenvalue weighted by molar-refractivity contribution is 6.45. The fourth-order valence-corrected chi connectivity index (χ4v) is 1.88. The Labute approximate surface area is 138 Å². The van der Waals surface area contributed by atoms with Gasteiger partial charge >= 0.3 is 12.4 Å². The van der Waals surface area contributed by atoms with E-state index in [1.54, 1.807) is 0 Å². The Morgan fingerprint density at radius 1 is 1.16 bits per heavy atom. The summed E-state index contributed by atoms with van der Waals surface area (Å²) in [6.45, 7) is 0. The van der Waals surface area contributed by atoms with Crippen LogP contribution in [0.2, 0.25) is 0 Å². The van der Waals surface area contributed by atoms with Gasteiger partial charge in [0.2, 0.25) is 5.71 Å². The Morgan fingerprint density at radius 2 is 1.60 bits per heavy atom. The molecule has 0 amide bonds. The van der Waals surface area contributed by atoms with Gasteiger partial charge in [-0.15, -0.1) is 0 Å². The van der Waals surface area contributed by atoms with Crippen molar-refractivity contribution >= 4 is 22.9 Å². The van der Waals surface area contributed by atoms with Crippen LogP contribution < -0.4 is 16.1 Å². The molecule has 1 aromatic carbocycles. The molecule has 0 heterocycles. The average molecular weight is 366 g/mol. The van der Waals surface area contributed by atoms with Crippen molar-refractivity contribution in [2.75, 3.05) is 24.4 Å². The maximum absolute atomic E-state index is 13.2. The molecule has 1 aromatic rings. The van der Waals surface area contributed by atoms with Crippen molar-refractivity contribution in [2.24, 2.45) is 10.8 Å². The molecule has 0 aliphatic rings. The van der Waals surface area contributed by atoms with Gasteiger partial charge in [0.05, 0.1) is 22.5 Å². The number of alkyl halides is 6. The quantitative estimate of drug-likeness (QED) is 0.330. The number of halogens is 6. The number of nitrogens with one attached hydrogen (secondary N) is 2. The molecule has 1 rings (SSSR count). The highest BCUT2D eigenvalue weighted by Crippen LogP contribution is 2.45. The Kier molecular flexibility index (Phi) is 5.52. The van der Waals surface area contributed by atoms with Gasteiger partial charge in [0.15, 0.2) is 5.84 Å². The lowest BCUT2D eigenvalue weighted by atomic mass is 10.0. The number of nitrogens with two attached hydrogens (primary N) is 1. The van der Waals surface area contributed by atoms with Crippen LogP contribution in [0.1, 0.15) is 11.1 Å². The predicted molar refractivity (Wildman–Crippen MR) is 79.4 cm³/mol. The van der Waals surface area contributed by atoms with Crippen molar-refractivity contribution < 1.29 is 26.3 Å². The summed E-state index contributed by atoms with van der Waals surface area (Å²) in [4.78, 5) is 0.703. The minimum atomic E-state index is -5.07. The Hall–Kier alpha value is -2.97. The lowest BCUT2D eigenvalue weighted by Gasteiger charge is -2.25. The maximum Gasteiger partial charge on any atom is 0.418 e. The normalized spacial score (nSPS) is 12.5. The van der Waals surface area contributed by atoms with Gasteiger partial charge in [-0.1, -0.05) is 0 Å². The van der Waals surface area contributed by atoms with Crippen LogP contribution in [0.5, 0.6) is 0 Å². The third-order valence-corrected chi connectivity index (χ3v) is 2.83. The zero-order chi connectivity index (χ0) is 19.6. The second kappa shape index (κ2) is 6.88. The molecule has 12 heteroatoms. The summed E-state index contributed by atoms with van der Waals surface area (Å²) in [6, 6.07) is 2.22. The summed E-state index contributed by atoms with van der Waals surface area (Å²) < 4.78 is 79.1. The Bertz CT molecular complexity index is 706. The zero-order valence-electron chi connectivity index (χ0n) is 12.8. The smallest absolute Gasteiger partial charge is 0.382 e. The van der Waals surface area contributed by atoms with Crippen molar-refractivity contribution in [1.29, 1.82) is 10.7 Å². The number of rotatable bonds is 4. The first-order valence-corrected chi connectivity index (χ1v) is 6.37. The summed E-state index contributed by atoms with van der Waals surface area (Å²) in [5.74, 6) is -0.799. The van der Waals surface area contributed by atoms with Crippen LogP contribution in [0.4, 0.5) is 37.7 Å². The van der Waals surface area contributed by atoms with Crippen molar-refractivity contribution in [3.63, 3.8) is 0 Å². The van der Waals surface area contributed by atoms with Gasteiger partial charge < -0.3 is 10.6 Å². The van der Waals surface area contributed by atoms with Crippen LogP contribution in [0.25, 0.3) is 0 Å². The van der Waals surface area contributed by atoms with E-state index < -0.39 is 46.4 Å². The van der Waals surface area contributed by atoms with E-state index in [9.17, 15) is 26.3 Å². The molecule has 0 fully saturated rings. The lowest BCUT2D eigenvalue weighted by Crippen LogP contribution is -2.23. The second-order valence-electron chi connectivity index (χ2n) is 4.91. The molecule has 0 saturated heterocycles. The van der Waals surface area contributed by atoms with Gasteiger partial charge in [0, 0.05) is 14.1 Å². The second-order valence-corrected chi connectivity index (χ2v) is 4.91. The number of hydrazone groups is 1. The minimum Gasteiger partial charge on any atom is -0.382 e. The lowest BCUT2D eigenvalue weighted by molar-refractivity contribution is -0.142. The summed E-state index contributed by atoms with van der Waals surface area (Å²) >= 11 is 0. The first-order valence-electron chi connectivity index (χ1n) is 6.37. The molecule has 0 aromatic heterocycles. The third-order valence-electron chi connectivity index (χ3n) is 2.83. The molecule has 0 saturated carbocycles. The predicted octanol–water partition coefficient (Wildman–Crippen LogP) is 3.02. The van der Waals surface area contributed by atoms with Gasteiger partial charge in [-0.2, -0.15) is 36.7 Å². The number of nitrogens with zero attached hydrogens (tertiary/aromatic N) is 3. The van der Waals surface area contributed by atoms with E-state index in [-0.39, 0.29) is 0 Å². The van der Waals surface area contributed by atoms with E-state index in [0.717, 1.165) is 14.1 Å². The molecule has 0 radical (unpaired) electrons. The molecule has 0 aliphatic carbocycles. The molecular weight excluding hydrogens is 354 g/mol. The fraction of sp³-hybridized carbons (Fsp3) is 0.308. The molecule has 0 atom stereocenters. The van der Waals surface area contributed by atoms with Crippen molar-refractivity contribution in [2.45, 2.75) is 12.4 Å². The van der Waals surface area contributed by atoms with Crippen LogP contribution in [0.3, 0.4) is 0 Å². The van der Waals surface area contributed by atoms with E-state index in [0.29, 0.717) is 17.0 Å². The first-order chi connectivity index (χ1) is 11.3. The molecule has 0 spiro atoms. The van der Waals surface area contributed by atoms with Crippen LogP contribution >= 0.6 is 0 Å². The van der Waals surface area contributed by atoms with E-state index in [1.807, 2.05) is 5.43 Å². The zero-order valence-corrected chi connectivity index (χ0v) is 12.8. The summed E-state index contributed by atoms with van der Waals surface area (Å²) in [5.41, 5.74) is 1.40. The van der Waals surface area contributed by atoms with Gasteiger partial charge in [-0.05, 0) is 12.1 Å². The molecule has 0 bridgehead atoms. The summed E-state index contributed by atoms with van der Waals surface area (Å²) in [6.07, 6.45) is -10.1. The number of anilines is 2. The van der Waals surface area contributed by atoms with Gasteiger partial charge in [-0.3, -0.25) is 10.8 Å². The van der Waals surface area contributed by atoms with Crippen LogP contribution in [0.15, 0.2) is 17.2 Å². The number of amidine groups is 1. The van der Waals surface area contributed by atoms with Gasteiger partial charge in [0.25, 0.3) is 0 Å². The van der Waals surface area contributed by atoms with E-state index in [2.05, 4.69) is 5.10 Å². The summed E-state index contributed by atoms with van der Waals surface area (Å²) in [5, 5.41) is 18.9. The first kappa shape index (κ1) is 20.1. The van der Waals surface area contributed by atoms with E-state index in [1.165, 1.54) is 6.07 Å². The van der Waals surface area contributed by atoms with Crippen molar-refractivity contribution in [3.05, 3.63) is 23.3 Å². The topological polar surface area (TPSA) is 101 Å². The van der Waals surface area contributed by atoms with Crippen LogP contribution in [0, 0.1) is 16.7 Å². The van der Waals surface area contributed by atoms with E-state index in [4.69, 9.17) is 16.4 Å². The standard InChI is InChI=1S/C13H12F6N6/c1-25(2)10-7(12(14,15)16)3-6(4-8(10)13(17,18)19)23-24-9(5-20)11(21)22/h3-4,23H,1-2H3,(H3,21,22)/b24-9+. The molecule has 4 N–H and O–H groups in total. The van der Waals surface area contributed by atoms with Crippen LogP contribution in [-0.2, 0) is 12.4 Å². The minimum absolute atomic E-state index is 0.420. The summed E-state index contributed by atoms with van der Waals surface area (Å²) in [7, 11) is 2.10. The molecule has 136 valence electrons. The number of nitriles is 1. The van der Waals surface area contributed by atoms with Gasteiger partial charge in [-0.25, -0.2) is 0 Å². The van der Waals surface area contributed by atoms with Crippen molar-refractivity contribution in [3.8, 4) is 6.07 Å². The largest absolute Gasteiger partial charge is 0.418 e. The Balaban J connectivity index is 3.64. The van der Waals surface area contributed by atoms with Crippen LogP contribution in [-0.4, -0.2) is 25.6 Å². The maximum atomic E-state index is 13.2. The highest BCUT2D eigenvalue weighted by Gasteiger charge is 2.42. The molecule has 6 nitrogen and oxygen atoms in total. The molecular formula is C13H12F6N6. The molecule has 0 unspecified atom stereocenters. The average Bonchev–Trinajstić information content (AvgIpc) is 2.44. The number of hydrogen-bond donors (Lipinski definition) is 3. The fourth-order valence-electron chi connectivity index (χ4n) is 1.88. The highest BCUT2D eigenvalue weighted by atomic mass is 19.4. The Morgan fingerprint density at radius 3 is 1.88 bits per heavy atom.